The monoisotopic (exact) mass is 833 g/mol. The number of fused-ring (bicyclic) bond motifs is 1. The summed E-state index contributed by atoms with van der Waals surface area (Å²) in [6, 6.07) is 3.27. The van der Waals surface area contributed by atoms with Crippen molar-refractivity contribution < 1.29 is 52.4 Å². The highest BCUT2D eigenvalue weighted by Gasteiger charge is 2.62. The number of aliphatic hydroxyl groups is 1. The van der Waals surface area contributed by atoms with Crippen LogP contribution in [-0.4, -0.2) is 139 Å². The fraction of sp³-hybridized carbons (Fsp3) is 0.732. The summed E-state index contributed by atoms with van der Waals surface area (Å²) in [6.45, 7) is 12.9. The zero-order valence-electron chi connectivity index (χ0n) is 35.4. The molecule has 10 unspecified atom stereocenters. The second kappa shape index (κ2) is 18.1. The van der Waals surface area contributed by atoms with E-state index in [1.807, 2.05) is 32.0 Å². The Labute approximate surface area is 344 Å². The molecular formula is C41H60FN5O10S. The molecule has 322 valence electrons. The van der Waals surface area contributed by atoms with Gasteiger partial charge in [0.25, 0.3) is 5.67 Å². The summed E-state index contributed by atoms with van der Waals surface area (Å²) in [4.78, 5) is 67.1. The first-order valence-corrected chi connectivity index (χ1v) is 21.1. The van der Waals surface area contributed by atoms with Crippen molar-refractivity contribution in [3.8, 4) is 11.4 Å². The number of esters is 2. The molecule has 1 N–H and O–H groups in total. The standard InChI is InChI=1S/C41H60FN5O10S/c1-12-28-41(8)29(32(36(51)57-41)58-17-16-47-21-44-35(45-47)26-14-13-15-43-20-26)24(4)30(48)22(2)19-39(6,53-11)34(25(5)33(50)40(7,42)38(52)55-28)56-37-31(49)27(46(9)10)18-23(3)54-37/h13-15,20-25,27-29,31-32,34,37,49H,12,16-19H2,1-11H3/t22?,23-,24?,25?,27+,28?,29?,31-,32?,34?,37+,39?,40?,41?/m1/s1. The number of thioether (sulfide) groups is 1. The summed E-state index contributed by atoms with van der Waals surface area (Å²) in [5, 5.41) is 15.1. The fourth-order valence-corrected chi connectivity index (χ4v) is 10.5. The molecule has 5 rings (SSSR count). The van der Waals surface area contributed by atoms with Crippen LogP contribution < -0.4 is 0 Å². The molecule has 0 bridgehead atoms. The van der Waals surface area contributed by atoms with Crippen LogP contribution in [0.15, 0.2) is 30.9 Å². The Morgan fingerprint density at radius 3 is 2.43 bits per heavy atom. The van der Waals surface area contributed by atoms with E-state index in [-0.39, 0.29) is 30.8 Å². The molecular weight excluding hydrogens is 774 g/mol. The number of aryl methyl sites for hydroxylation is 1. The van der Waals surface area contributed by atoms with Gasteiger partial charge in [0, 0.05) is 60.5 Å². The number of pyridine rings is 1. The van der Waals surface area contributed by atoms with Crippen molar-refractivity contribution in [2.75, 3.05) is 27.0 Å². The van der Waals surface area contributed by atoms with Crippen molar-refractivity contribution in [2.45, 2.75) is 140 Å². The number of cyclic esters (lactones) is 1. The summed E-state index contributed by atoms with van der Waals surface area (Å²) < 4.78 is 49.1. The van der Waals surface area contributed by atoms with E-state index in [0.717, 1.165) is 12.5 Å². The van der Waals surface area contributed by atoms with Gasteiger partial charge in [0.1, 0.15) is 29.6 Å². The number of rotatable bonds is 10. The predicted molar refractivity (Wildman–Crippen MR) is 212 cm³/mol. The van der Waals surface area contributed by atoms with Gasteiger partial charge in [-0.3, -0.25) is 24.0 Å². The highest BCUT2D eigenvalue weighted by atomic mass is 32.2. The quantitative estimate of drug-likeness (QED) is 0.267. The molecule has 0 aliphatic carbocycles. The summed E-state index contributed by atoms with van der Waals surface area (Å²) >= 11 is 1.29. The van der Waals surface area contributed by atoms with E-state index in [0.29, 0.717) is 24.5 Å². The van der Waals surface area contributed by atoms with Gasteiger partial charge in [-0.25, -0.2) is 14.2 Å². The van der Waals surface area contributed by atoms with Crippen molar-refractivity contribution in [3.05, 3.63) is 30.9 Å². The van der Waals surface area contributed by atoms with Gasteiger partial charge in [-0.1, -0.05) is 27.7 Å². The molecule has 0 radical (unpaired) electrons. The van der Waals surface area contributed by atoms with Gasteiger partial charge in [-0.05, 0) is 73.2 Å². The van der Waals surface area contributed by atoms with Gasteiger partial charge in [-0.15, -0.1) is 11.8 Å². The van der Waals surface area contributed by atoms with Crippen molar-refractivity contribution in [1.82, 2.24) is 24.6 Å². The number of methoxy groups -OCH3 is 1. The van der Waals surface area contributed by atoms with Gasteiger partial charge in [0.2, 0.25) is 0 Å². The molecule has 0 aromatic carbocycles. The third-order valence-electron chi connectivity index (χ3n) is 12.4. The molecule has 15 nitrogen and oxygen atoms in total. The fourth-order valence-electron chi connectivity index (χ4n) is 9.05. The van der Waals surface area contributed by atoms with Crippen LogP contribution in [0.2, 0.25) is 0 Å². The summed E-state index contributed by atoms with van der Waals surface area (Å²) in [6.07, 6.45) is 0.220. The number of Topliss-reactive ketones (excluding diaryl/α,β-unsaturated/α-hetero) is 2. The lowest BCUT2D eigenvalue weighted by molar-refractivity contribution is -0.295. The number of halogens is 1. The minimum atomic E-state index is -3.18. The van der Waals surface area contributed by atoms with Crippen LogP contribution >= 0.6 is 11.8 Å². The van der Waals surface area contributed by atoms with Crippen molar-refractivity contribution in [1.29, 1.82) is 0 Å². The van der Waals surface area contributed by atoms with E-state index in [9.17, 15) is 24.3 Å². The third kappa shape index (κ3) is 9.04. The van der Waals surface area contributed by atoms with E-state index in [4.69, 9.17) is 23.7 Å². The van der Waals surface area contributed by atoms with Crippen LogP contribution in [0.4, 0.5) is 4.39 Å². The van der Waals surface area contributed by atoms with E-state index in [1.54, 1.807) is 64.1 Å². The zero-order valence-corrected chi connectivity index (χ0v) is 36.2. The van der Waals surface area contributed by atoms with Crippen LogP contribution in [0, 0.1) is 23.7 Å². The molecule has 0 saturated carbocycles. The lowest BCUT2D eigenvalue weighted by Gasteiger charge is -2.47. The highest BCUT2D eigenvalue weighted by Crippen LogP contribution is 2.49. The van der Waals surface area contributed by atoms with Gasteiger partial charge in [0.05, 0.1) is 24.4 Å². The molecule has 3 aliphatic heterocycles. The number of likely N-dealkylation sites (N-methyl/N-ethyl adjacent to an activating group) is 1. The zero-order chi connectivity index (χ0) is 42.9. The molecule has 2 aromatic heterocycles. The Hall–Kier alpha value is -3.35. The van der Waals surface area contributed by atoms with Crippen LogP contribution in [-0.2, 0) is 49.4 Å². The Morgan fingerprint density at radius 1 is 1.10 bits per heavy atom. The lowest BCUT2D eigenvalue weighted by atomic mass is 9.70. The number of nitrogens with zero attached hydrogens (tertiary/aromatic N) is 5. The van der Waals surface area contributed by atoms with Crippen molar-refractivity contribution in [3.63, 3.8) is 0 Å². The Kier molecular flexibility index (Phi) is 14.3. The SMILES string of the molecule is CCC1OC(=O)C(C)(F)C(=O)C(C)C(O[C@@H]2O[C@H](C)C[C@H](N(C)C)[C@H]2O)C(C)(OC)CC(C)C(=O)C(C)C2C(SCCn3cnc(-c4cccnc4)n3)C(=O)OC12C. The van der Waals surface area contributed by atoms with Crippen LogP contribution in [0.1, 0.15) is 74.7 Å². The number of aliphatic hydroxyl groups excluding tert-OH is 1. The maximum Gasteiger partial charge on any atom is 0.351 e. The average molecular weight is 834 g/mol. The summed E-state index contributed by atoms with van der Waals surface area (Å²) in [5.74, 6) is -6.32. The molecule has 0 amide bonds. The second-order valence-corrected chi connectivity index (χ2v) is 18.1. The first-order chi connectivity index (χ1) is 27.2. The maximum absolute atomic E-state index is 16.9. The van der Waals surface area contributed by atoms with Crippen LogP contribution in [0.3, 0.4) is 0 Å². The van der Waals surface area contributed by atoms with E-state index in [2.05, 4.69) is 15.1 Å². The number of carbonyl (C=O) groups excluding carboxylic acids is 4. The lowest BCUT2D eigenvalue weighted by Crippen LogP contribution is -2.61. The topological polar surface area (TPSA) is 181 Å². The second-order valence-electron chi connectivity index (χ2n) is 16.9. The van der Waals surface area contributed by atoms with Gasteiger partial charge in [0.15, 0.2) is 23.5 Å². The predicted octanol–water partition coefficient (Wildman–Crippen LogP) is 4.09. The number of alkyl halides is 1. The average Bonchev–Trinajstić information content (AvgIpc) is 3.76. The molecule has 3 fully saturated rings. The van der Waals surface area contributed by atoms with Crippen molar-refractivity contribution in [2.24, 2.45) is 23.7 Å². The van der Waals surface area contributed by atoms with E-state index < -0.39 is 88.1 Å². The Morgan fingerprint density at radius 2 is 1.81 bits per heavy atom. The van der Waals surface area contributed by atoms with Gasteiger partial charge in [-0.2, -0.15) is 5.10 Å². The normalized spacial score (nSPS) is 39.2. The summed E-state index contributed by atoms with van der Waals surface area (Å²) in [7, 11) is 5.04. The molecule has 2 aromatic rings. The number of carbonyl (C=O) groups is 4. The molecule has 0 spiro atoms. The first-order valence-electron chi connectivity index (χ1n) is 20.0. The van der Waals surface area contributed by atoms with Gasteiger partial charge < -0.3 is 33.7 Å². The van der Waals surface area contributed by atoms with Crippen LogP contribution in [0.5, 0.6) is 0 Å². The minimum Gasteiger partial charge on any atom is -0.455 e. The highest BCUT2D eigenvalue weighted by molar-refractivity contribution is 8.00. The molecule has 17 heteroatoms. The molecule has 58 heavy (non-hydrogen) atoms. The number of ketones is 2. The van der Waals surface area contributed by atoms with E-state index >= 15 is 4.39 Å². The Balaban J connectivity index is 1.49. The van der Waals surface area contributed by atoms with Gasteiger partial charge >= 0.3 is 11.9 Å². The first kappa shape index (κ1) is 45.7. The minimum absolute atomic E-state index is 0.00327. The van der Waals surface area contributed by atoms with Crippen molar-refractivity contribution >= 4 is 35.3 Å². The molecule has 14 atom stereocenters. The van der Waals surface area contributed by atoms with Crippen LogP contribution in [0.25, 0.3) is 11.4 Å². The number of ether oxygens (including phenoxy) is 5. The molecule has 5 heterocycles. The third-order valence-corrected chi connectivity index (χ3v) is 13.7. The number of hydrogen-bond acceptors (Lipinski definition) is 15. The van der Waals surface area contributed by atoms with E-state index in [1.165, 1.54) is 25.8 Å². The smallest absolute Gasteiger partial charge is 0.351 e. The number of hydrogen-bond donors (Lipinski definition) is 1. The maximum atomic E-state index is 16.9. The Bertz CT molecular complexity index is 1780. The number of aromatic nitrogens is 4. The molecule has 3 aliphatic rings. The summed E-state index contributed by atoms with van der Waals surface area (Å²) in [5.41, 5.74) is -5.45. The molecule has 3 saturated heterocycles. The largest absolute Gasteiger partial charge is 0.455 e.